The molecule has 0 spiro atoms. The van der Waals surface area contributed by atoms with Crippen LogP contribution in [-0.4, -0.2) is 49.6 Å². The van der Waals surface area contributed by atoms with E-state index in [1.165, 1.54) is 23.1 Å². The summed E-state index contributed by atoms with van der Waals surface area (Å²) in [5.41, 5.74) is 1.47. The molecule has 5 rings (SSSR count). The van der Waals surface area contributed by atoms with Crippen LogP contribution < -0.4 is 10.0 Å². The number of aromatic nitrogens is 2. The van der Waals surface area contributed by atoms with Crippen molar-refractivity contribution in [2.75, 3.05) is 25.5 Å². The van der Waals surface area contributed by atoms with Gasteiger partial charge < -0.3 is 9.80 Å². The number of carbonyl (C=O) groups is 1. The first kappa shape index (κ1) is 27.6. The molecule has 1 aliphatic rings. The molecule has 4 aromatic rings. The molecule has 12 heteroatoms. The third-order valence-corrected chi connectivity index (χ3v) is 7.64. The Hall–Kier alpha value is -4.00. The van der Waals surface area contributed by atoms with Gasteiger partial charge in [0.15, 0.2) is 5.69 Å². The van der Waals surface area contributed by atoms with Gasteiger partial charge in [0.1, 0.15) is 10.6 Å². The fraction of sp³-hybridized carbons (Fsp3) is 0.214. The minimum Gasteiger partial charge on any atom is -0.307 e. The molecule has 0 bridgehead atoms. The molecule has 40 heavy (non-hydrogen) atoms. The number of hydrogen-bond donors (Lipinski definition) is 1. The van der Waals surface area contributed by atoms with Gasteiger partial charge in [-0.25, -0.2) is 18.2 Å². The molecule has 2 N–H and O–H groups in total. The van der Waals surface area contributed by atoms with Gasteiger partial charge in [-0.2, -0.15) is 18.3 Å². The van der Waals surface area contributed by atoms with Crippen molar-refractivity contribution >= 4 is 21.6 Å². The van der Waals surface area contributed by atoms with Crippen molar-refractivity contribution in [3.05, 3.63) is 95.3 Å². The second kappa shape index (κ2) is 10.2. The number of alkyl halides is 3. The van der Waals surface area contributed by atoms with E-state index < -0.39 is 32.7 Å². The molecular formula is C28H26F3N5O3S. The van der Waals surface area contributed by atoms with E-state index in [-0.39, 0.29) is 29.9 Å². The number of para-hydroxylation sites is 1. The average Bonchev–Trinajstić information content (AvgIpc) is 3.30. The van der Waals surface area contributed by atoms with Gasteiger partial charge >= 0.3 is 6.18 Å². The van der Waals surface area contributed by atoms with E-state index in [1.807, 2.05) is 50.5 Å². The summed E-state index contributed by atoms with van der Waals surface area (Å²) in [6, 6.07) is 20.4. The molecule has 0 aliphatic carbocycles. The topological polar surface area (TPSA) is 102 Å². The van der Waals surface area contributed by atoms with Crippen LogP contribution in [0.1, 0.15) is 27.3 Å². The molecule has 2 heterocycles. The monoisotopic (exact) mass is 569 g/mol. The van der Waals surface area contributed by atoms with Crippen LogP contribution >= 0.6 is 0 Å². The fourth-order valence-electron chi connectivity index (χ4n) is 4.98. The lowest BCUT2D eigenvalue weighted by atomic mass is 9.98. The number of carbonyl (C=O) groups excluding carboxylic acids is 1. The molecule has 3 aromatic carbocycles. The summed E-state index contributed by atoms with van der Waals surface area (Å²) in [4.78, 5) is 16.7. The van der Waals surface area contributed by atoms with E-state index >= 15 is 0 Å². The lowest BCUT2D eigenvalue weighted by molar-refractivity contribution is -0.141. The number of nitrogens with zero attached hydrogens (tertiary/aromatic N) is 4. The van der Waals surface area contributed by atoms with E-state index in [1.54, 1.807) is 12.1 Å². The molecular weight excluding hydrogens is 543 g/mol. The second-order valence-electron chi connectivity index (χ2n) is 9.75. The summed E-state index contributed by atoms with van der Waals surface area (Å²) in [6.45, 7) is 0.727. The third-order valence-electron chi connectivity index (χ3n) is 6.68. The number of sulfonamides is 1. The molecule has 0 radical (unpaired) electrons. The van der Waals surface area contributed by atoms with Gasteiger partial charge in [0.25, 0.3) is 5.91 Å². The van der Waals surface area contributed by atoms with Gasteiger partial charge in [-0.1, -0.05) is 48.5 Å². The van der Waals surface area contributed by atoms with Crippen molar-refractivity contribution in [2.45, 2.75) is 24.0 Å². The Kier molecular flexibility index (Phi) is 7.02. The summed E-state index contributed by atoms with van der Waals surface area (Å²) in [6.07, 6.45) is -4.98. The Morgan fingerprint density at radius 1 is 0.975 bits per heavy atom. The smallest absolute Gasteiger partial charge is 0.307 e. The zero-order valence-electron chi connectivity index (χ0n) is 21.7. The molecule has 0 unspecified atom stereocenters. The lowest BCUT2D eigenvalue weighted by Gasteiger charge is -2.28. The molecule has 0 saturated carbocycles. The summed E-state index contributed by atoms with van der Waals surface area (Å²) in [5, 5.41) is 9.02. The first-order valence-electron chi connectivity index (χ1n) is 12.3. The Balaban J connectivity index is 1.57. The van der Waals surface area contributed by atoms with Gasteiger partial charge in [0, 0.05) is 24.3 Å². The summed E-state index contributed by atoms with van der Waals surface area (Å²) < 4.78 is 67.0. The molecule has 0 saturated heterocycles. The number of halogens is 3. The summed E-state index contributed by atoms with van der Waals surface area (Å²) in [5.74, 6) is -0.728. The van der Waals surface area contributed by atoms with Gasteiger partial charge in [-0.3, -0.25) is 4.79 Å². The van der Waals surface area contributed by atoms with E-state index in [0.717, 1.165) is 34.0 Å². The first-order chi connectivity index (χ1) is 18.9. The fourth-order valence-corrected chi connectivity index (χ4v) is 5.70. The van der Waals surface area contributed by atoms with E-state index in [2.05, 4.69) is 10.00 Å². The highest BCUT2D eigenvalue weighted by Gasteiger charge is 2.43. The van der Waals surface area contributed by atoms with Crippen LogP contribution in [-0.2, 0) is 29.2 Å². The first-order valence-corrected chi connectivity index (χ1v) is 13.9. The number of primary sulfonamides is 1. The molecule has 1 amide bonds. The maximum atomic E-state index is 14.0. The summed E-state index contributed by atoms with van der Waals surface area (Å²) in [7, 11) is -0.373. The van der Waals surface area contributed by atoms with Gasteiger partial charge in [0.05, 0.1) is 5.69 Å². The maximum Gasteiger partial charge on any atom is 0.435 e. The van der Waals surface area contributed by atoms with Crippen LogP contribution in [0.25, 0.3) is 16.8 Å². The van der Waals surface area contributed by atoms with Gasteiger partial charge in [-0.05, 0) is 61.5 Å². The zero-order chi connectivity index (χ0) is 28.8. The summed E-state index contributed by atoms with van der Waals surface area (Å²) >= 11 is 0. The highest BCUT2D eigenvalue weighted by atomic mass is 32.2. The standard InChI is InChI=1S/C28H26F3N5O3S/c1-34(2)17-19-7-3-4-8-21(19)18-11-13-20(14-12-18)35-16-15-22-25(27(35)37)36(33-26(22)28(29,30)31)23-9-5-6-10-24(23)40(32,38)39/h3-14H,15-17H2,1-2H3,(H2,32,38,39). The molecule has 1 aliphatic heterocycles. The predicted molar refractivity (Wildman–Crippen MR) is 145 cm³/mol. The number of amides is 1. The Morgan fingerprint density at radius 2 is 1.62 bits per heavy atom. The SMILES string of the molecule is CN(C)Cc1ccccc1-c1ccc(N2CCc3c(C(F)(F)F)nn(-c4ccccc4S(N)(=O)=O)c3C2=O)cc1. The van der Waals surface area contributed by atoms with Crippen molar-refractivity contribution in [1.82, 2.24) is 14.7 Å². The minimum atomic E-state index is -4.85. The zero-order valence-corrected chi connectivity index (χ0v) is 22.5. The second-order valence-corrected chi connectivity index (χ2v) is 11.3. The van der Waals surface area contributed by atoms with Crippen LogP contribution in [0.15, 0.2) is 77.7 Å². The molecule has 8 nitrogen and oxygen atoms in total. The van der Waals surface area contributed by atoms with Crippen LogP contribution in [0, 0.1) is 0 Å². The van der Waals surface area contributed by atoms with Crippen LogP contribution in [0.5, 0.6) is 0 Å². The number of benzene rings is 3. The third kappa shape index (κ3) is 5.12. The van der Waals surface area contributed by atoms with Crippen LogP contribution in [0.4, 0.5) is 18.9 Å². The number of rotatable bonds is 6. The number of hydrogen-bond acceptors (Lipinski definition) is 5. The molecule has 0 fully saturated rings. The van der Waals surface area contributed by atoms with Crippen molar-refractivity contribution in [1.29, 1.82) is 0 Å². The highest BCUT2D eigenvalue weighted by molar-refractivity contribution is 7.89. The van der Waals surface area contributed by atoms with E-state index in [9.17, 15) is 26.4 Å². The van der Waals surface area contributed by atoms with Gasteiger partial charge in [0.2, 0.25) is 10.0 Å². The average molecular weight is 570 g/mol. The molecule has 208 valence electrons. The van der Waals surface area contributed by atoms with E-state index in [4.69, 9.17) is 5.14 Å². The predicted octanol–water partition coefficient (Wildman–Crippen LogP) is 4.47. The molecule has 1 aromatic heterocycles. The van der Waals surface area contributed by atoms with Crippen LogP contribution in [0.2, 0.25) is 0 Å². The Bertz CT molecular complexity index is 1700. The Labute approximate surface area is 229 Å². The number of nitrogens with two attached hydrogens (primary N) is 1. The normalized spacial score (nSPS) is 14.1. The number of anilines is 1. The van der Waals surface area contributed by atoms with E-state index in [0.29, 0.717) is 5.69 Å². The maximum absolute atomic E-state index is 14.0. The lowest BCUT2D eigenvalue weighted by Crippen LogP contribution is -2.39. The number of fused-ring (bicyclic) bond motifs is 1. The molecule has 0 atom stereocenters. The largest absolute Gasteiger partial charge is 0.435 e. The van der Waals surface area contributed by atoms with Gasteiger partial charge in [-0.15, -0.1) is 0 Å². The Morgan fingerprint density at radius 3 is 2.27 bits per heavy atom. The quantitative estimate of drug-likeness (QED) is 0.369. The van der Waals surface area contributed by atoms with Crippen molar-refractivity contribution in [2.24, 2.45) is 5.14 Å². The van der Waals surface area contributed by atoms with Crippen LogP contribution in [0.3, 0.4) is 0 Å². The highest BCUT2D eigenvalue weighted by Crippen LogP contribution is 2.38. The van der Waals surface area contributed by atoms with Crippen molar-refractivity contribution < 1.29 is 26.4 Å². The van der Waals surface area contributed by atoms with Crippen molar-refractivity contribution in [3.63, 3.8) is 0 Å². The minimum absolute atomic E-state index is 0.00595. The van der Waals surface area contributed by atoms with Crippen molar-refractivity contribution in [3.8, 4) is 16.8 Å².